The average Bonchev–Trinajstić information content (AvgIpc) is 2.75. The van der Waals surface area contributed by atoms with E-state index in [1.807, 2.05) is 23.9 Å². The molecule has 0 unspecified atom stereocenters. The fourth-order valence-corrected chi connectivity index (χ4v) is 2.95. The van der Waals surface area contributed by atoms with Crippen LogP contribution in [0.15, 0.2) is 42.6 Å². The Morgan fingerprint density at radius 1 is 1.10 bits per heavy atom. The van der Waals surface area contributed by atoms with E-state index in [0.717, 1.165) is 22.0 Å². The molecule has 3 nitrogen and oxygen atoms in total. The third-order valence-electron chi connectivity index (χ3n) is 3.46. The van der Waals surface area contributed by atoms with Crippen molar-refractivity contribution < 1.29 is 9.90 Å². The lowest BCUT2D eigenvalue weighted by molar-refractivity contribution is 0.0697. The van der Waals surface area contributed by atoms with Crippen molar-refractivity contribution in [3.63, 3.8) is 0 Å². The summed E-state index contributed by atoms with van der Waals surface area (Å²) in [7, 11) is 1.88. The van der Waals surface area contributed by atoms with Crippen LogP contribution < -0.4 is 0 Å². The van der Waals surface area contributed by atoms with Crippen molar-refractivity contribution in [3.05, 3.63) is 58.2 Å². The molecule has 1 heterocycles. The Labute approximate surface area is 131 Å². The van der Waals surface area contributed by atoms with Gasteiger partial charge in [-0.25, -0.2) is 4.79 Å². The number of carbonyl (C=O) groups is 1. The van der Waals surface area contributed by atoms with Crippen LogP contribution in [0.2, 0.25) is 10.0 Å². The fourth-order valence-electron chi connectivity index (χ4n) is 2.44. The Morgan fingerprint density at radius 3 is 2.52 bits per heavy atom. The maximum atomic E-state index is 11.1. The van der Waals surface area contributed by atoms with Gasteiger partial charge in [-0.05, 0) is 24.3 Å². The fraction of sp³-hybridized carbons (Fsp3) is 0.0625. The number of rotatable bonds is 2. The second-order valence-corrected chi connectivity index (χ2v) is 5.66. The minimum atomic E-state index is -0.941. The molecule has 0 aliphatic carbocycles. The molecule has 0 radical (unpaired) electrons. The first-order chi connectivity index (χ1) is 9.97. The van der Waals surface area contributed by atoms with Gasteiger partial charge in [0.25, 0.3) is 0 Å². The van der Waals surface area contributed by atoms with Gasteiger partial charge >= 0.3 is 5.97 Å². The number of hydrogen-bond donors (Lipinski definition) is 1. The number of halogens is 2. The van der Waals surface area contributed by atoms with Gasteiger partial charge in [-0.15, -0.1) is 0 Å². The summed E-state index contributed by atoms with van der Waals surface area (Å²) in [5.41, 5.74) is 2.93. The molecule has 0 saturated carbocycles. The van der Waals surface area contributed by atoms with Crippen molar-refractivity contribution in [1.82, 2.24) is 4.57 Å². The number of aromatic nitrogens is 1. The summed E-state index contributed by atoms with van der Waals surface area (Å²) >= 11 is 12.2. The number of aryl methyl sites for hydroxylation is 1. The largest absolute Gasteiger partial charge is 0.478 e. The molecule has 0 aliphatic rings. The van der Waals surface area contributed by atoms with E-state index in [1.54, 1.807) is 30.3 Å². The van der Waals surface area contributed by atoms with Crippen molar-refractivity contribution in [2.24, 2.45) is 7.05 Å². The molecule has 0 bridgehead atoms. The van der Waals surface area contributed by atoms with Crippen LogP contribution in [-0.4, -0.2) is 15.6 Å². The highest BCUT2D eigenvalue weighted by Crippen LogP contribution is 2.36. The molecule has 1 aromatic heterocycles. The van der Waals surface area contributed by atoms with Crippen molar-refractivity contribution in [2.75, 3.05) is 0 Å². The summed E-state index contributed by atoms with van der Waals surface area (Å²) in [6, 6.07) is 10.4. The smallest absolute Gasteiger partial charge is 0.335 e. The third kappa shape index (κ3) is 2.39. The Balaban J connectivity index is 2.27. The maximum Gasteiger partial charge on any atom is 0.335 e. The topological polar surface area (TPSA) is 42.2 Å². The van der Waals surface area contributed by atoms with Crippen LogP contribution in [0.25, 0.3) is 22.0 Å². The Bertz CT molecular complexity index is 868. The molecule has 0 aliphatic heterocycles. The summed E-state index contributed by atoms with van der Waals surface area (Å²) in [4.78, 5) is 11.1. The lowest BCUT2D eigenvalue weighted by Gasteiger charge is -2.04. The minimum absolute atomic E-state index is 0.262. The van der Waals surface area contributed by atoms with E-state index < -0.39 is 5.97 Å². The van der Waals surface area contributed by atoms with E-state index in [9.17, 15) is 4.79 Å². The van der Waals surface area contributed by atoms with Crippen LogP contribution in [0.3, 0.4) is 0 Å². The molecule has 5 heteroatoms. The number of benzene rings is 2. The average molecular weight is 320 g/mol. The molecule has 0 atom stereocenters. The monoisotopic (exact) mass is 319 g/mol. The lowest BCUT2D eigenvalue weighted by Crippen LogP contribution is -1.96. The zero-order valence-corrected chi connectivity index (χ0v) is 12.6. The van der Waals surface area contributed by atoms with E-state index >= 15 is 0 Å². The Hall–Kier alpha value is -1.97. The predicted molar refractivity (Wildman–Crippen MR) is 85.3 cm³/mol. The molecule has 1 N–H and O–H groups in total. The first kappa shape index (κ1) is 14.0. The second kappa shape index (κ2) is 5.10. The van der Waals surface area contributed by atoms with Gasteiger partial charge in [-0.2, -0.15) is 0 Å². The number of aromatic carboxylic acids is 1. The molecule has 3 rings (SSSR count). The quantitative estimate of drug-likeness (QED) is 0.733. The first-order valence-corrected chi connectivity index (χ1v) is 7.01. The van der Waals surface area contributed by atoms with E-state index in [4.69, 9.17) is 28.3 Å². The summed E-state index contributed by atoms with van der Waals surface area (Å²) in [6.45, 7) is 0. The predicted octanol–water partition coefficient (Wildman–Crippen LogP) is 4.85. The molecular formula is C16H11Cl2NO2. The minimum Gasteiger partial charge on any atom is -0.478 e. The highest BCUT2D eigenvalue weighted by Gasteiger charge is 2.13. The second-order valence-electron chi connectivity index (χ2n) is 4.81. The molecule has 3 aromatic rings. The normalized spacial score (nSPS) is 11.0. The van der Waals surface area contributed by atoms with Crippen molar-refractivity contribution >= 4 is 40.1 Å². The van der Waals surface area contributed by atoms with Gasteiger partial charge in [-0.3, -0.25) is 0 Å². The zero-order valence-electron chi connectivity index (χ0n) is 11.1. The molecule has 0 amide bonds. The van der Waals surface area contributed by atoms with Gasteiger partial charge in [0.2, 0.25) is 0 Å². The SMILES string of the molecule is Cn1cc(-c2ccc(Cl)cc2Cl)c2ccc(C(=O)O)cc21. The van der Waals surface area contributed by atoms with Crippen LogP contribution in [-0.2, 0) is 7.05 Å². The lowest BCUT2D eigenvalue weighted by atomic mass is 10.0. The van der Waals surface area contributed by atoms with E-state index in [0.29, 0.717) is 10.0 Å². The van der Waals surface area contributed by atoms with Crippen LogP contribution in [0.1, 0.15) is 10.4 Å². The molecule has 0 saturated heterocycles. The molecule has 0 spiro atoms. The van der Waals surface area contributed by atoms with Gasteiger partial charge in [-0.1, -0.05) is 35.3 Å². The molecule has 21 heavy (non-hydrogen) atoms. The number of nitrogens with zero attached hydrogens (tertiary/aromatic N) is 1. The van der Waals surface area contributed by atoms with Crippen molar-refractivity contribution in [1.29, 1.82) is 0 Å². The van der Waals surface area contributed by atoms with Crippen molar-refractivity contribution in [2.45, 2.75) is 0 Å². The van der Waals surface area contributed by atoms with Gasteiger partial charge in [0, 0.05) is 45.3 Å². The van der Waals surface area contributed by atoms with Crippen LogP contribution in [0.5, 0.6) is 0 Å². The number of hydrogen-bond acceptors (Lipinski definition) is 1. The third-order valence-corrected chi connectivity index (χ3v) is 4.01. The van der Waals surface area contributed by atoms with E-state index in [1.165, 1.54) is 0 Å². The van der Waals surface area contributed by atoms with Crippen LogP contribution in [0, 0.1) is 0 Å². The summed E-state index contributed by atoms with van der Waals surface area (Å²) < 4.78 is 1.89. The van der Waals surface area contributed by atoms with Gasteiger partial charge in [0.15, 0.2) is 0 Å². The van der Waals surface area contributed by atoms with Crippen LogP contribution in [0.4, 0.5) is 0 Å². The molecular weight excluding hydrogens is 309 g/mol. The molecule has 2 aromatic carbocycles. The van der Waals surface area contributed by atoms with Crippen LogP contribution >= 0.6 is 23.2 Å². The van der Waals surface area contributed by atoms with E-state index in [-0.39, 0.29) is 5.56 Å². The zero-order chi connectivity index (χ0) is 15.1. The standard InChI is InChI=1S/C16H11Cl2NO2/c1-19-8-13(11-5-3-10(17)7-14(11)18)12-4-2-9(16(20)21)6-15(12)19/h2-8H,1H3,(H,20,21). The number of fused-ring (bicyclic) bond motifs is 1. The van der Waals surface area contributed by atoms with Gasteiger partial charge in [0.05, 0.1) is 5.56 Å². The summed E-state index contributed by atoms with van der Waals surface area (Å²) in [6.07, 6.45) is 1.94. The Kier molecular flexibility index (Phi) is 3.40. The van der Waals surface area contributed by atoms with Gasteiger partial charge < -0.3 is 9.67 Å². The Morgan fingerprint density at radius 2 is 1.86 bits per heavy atom. The highest BCUT2D eigenvalue weighted by atomic mass is 35.5. The maximum absolute atomic E-state index is 11.1. The number of carboxylic acids is 1. The molecule has 0 fully saturated rings. The first-order valence-electron chi connectivity index (χ1n) is 6.25. The summed E-state index contributed by atoms with van der Waals surface area (Å²) in [5, 5.41) is 11.2. The highest BCUT2D eigenvalue weighted by molar-refractivity contribution is 6.36. The summed E-state index contributed by atoms with van der Waals surface area (Å²) in [5.74, 6) is -0.941. The van der Waals surface area contributed by atoms with Crippen molar-refractivity contribution in [3.8, 4) is 11.1 Å². The van der Waals surface area contributed by atoms with E-state index in [2.05, 4.69) is 0 Å². The molecule has 106 valence electrons. The number of carboxylic acid groups (broad SMARTS) is 1. The van der Waals surface area contributed by atoms with Gasteiger partial charge in [0.1, 0.15) is 0 Å².